The van der Waals surface area contributed by atoms with Crippen molar-refractivity contribution in [3.8, 4) is 0 Å². The van der Waals surface area contributed by atoms with E-state index in [0.717, 1.165) is 12.2 Å². The molecule has 0 spiro atoms. The summed E-state index contributed by atoms with van der Waals surface area (Å²) in [5, 5.41) is 3.34. The van der Waals surface area contributed by atoms with Crippen LogP contribution >= 0.6 is 11.3 Å². The lowest BCUT2D eigenvalue weighted by Gasteiger charge is -2.46. The molecule has 15 heavy (non-hydrogen) atoms. The van der Waals surface area contributed by atoms with Gasteiger partial charge in [0, 0.05) is 44.6 Å². The molecule has 4 nitrogen and oxygen atoms in total. The van der Waals surface area contributed by atoms with Crippen LogP contribution in [-0.2, 0) is 6.54 Å². The SMILES string of the molecule is NCc1csc(C2CN3CCN2CC3)n1. The first-order valence-corrected chi connectivity index (χ1v) is 6.35. The number of nitrogens with zero attached hydrogens (tertiary/aromatic N) is 3. The molecule has 3 aliphatic rings. The molecular weight excluding hydrogens is 208 g/mol. The minimum atomic E-state index is 0.526. The third-order valence-electron chi connectivity index (χ3n) is 3.34. The van der Waals surface area contributed by atoms with Crippen molar-refractivity contribution in [1.29, 1.82) is 0 Å². The molecule has 0 aromatic carbocycles. The summed E-state index contributed by atoms with van der Waals surface area (Å²) in [6, 6.07) is 0.526. The number of rotatable bonds is 2. The Labute approximate surface area is 93.7 Å². The average molecular weight is 224 g/mol. The van der Waals surface area contributed by atoms with Crippen molar-refractivity contribution in [2.45, 2.75) is 12.6 Å². The number of hydrogen-bond acceptors (Lipinski definition) is 5. The largest absolute Gasteiger partial charge is 0.325 e. The summed E-state index contributed by atoms with van der Waals surface area (Å²) in [5.41, 5.74) is 6.62. The van der Waals surface area contributed by atoms with Crippen molar-refractivity contribution < 1.29 is 0 Å². The maximum absolute atomic E-state index is 5.59. The standard InChI is InChI=1S/C10H16N4S/c11-5-8-7-15-10(12-8)9-6-13-1-3-14(9)4-2-13/h7,9H,1-6,11H2. The van der Waals surface area contributed by atoms with E-state index in [9.17, 15) is 0 Å². The van der Waals surface area contributed by atoms with Gasteiger partial charge in [0.1, 0.15) is 5.01 Å². The summed E-state index contributed by atoms with van der Waals surface area (Å²) in [6.45, 7) is 6.56. The lowest BCUT2D eigenvalue weighted by atomic mass is 10.1. The number of fused-ring (bicyclic) bond motifs is 3. The normalized spacial score (nSPS) is 34.6. The van der Waals surface area contributed by atoms with Gasteiger partial charge >= 0.3 is 0 Å². The van der Waals surface area contributed by atoms with Crippen LogP contribution < -0.4 is 5.73 Å². The quantitative estimate of drug-likeness (QED) is 0.783. The van der Waals surface area contributed by atoms with Crippen LogP contribution in [0.4, 0.5) is 0 Å². The van der Waals surface area contributed by atoms with Crippen LogP contribution in [0, 0.1) is 0 Å². The van der Waals surface area contributed by atoms with Crippen LogP contribution in [0.1, 0.15) is 16.7 Å². The number of thiazole rings is 1. The molecule has 1 aromatic rings. The van der Waals surface area contributed by atoms with E-state index in [0.29, 0.717) is 12.6 Å². The predicted octanol–water partition coefficient (Wildman–Crippen LogP) is 0.274. The second kappa shape index (κ2) is 3.83. The molecule has 0 saturated carbocycles. The van der Waals surface area contributed by atoms with Gasteiger partial charge in [0.15, 0.2) is 0 Å². The van der Waals surface area contributed by atoms with E-state index in [4.69, 9.17) is 5.73 Å². The second-order valence-corrected chi connectivity index (χ2v) is 5.12. The molecule has 5 heteroatoms. The molecule has 3 fully saturated rings. The van der Waals surface area contributed by atoms with Gasteiger partial charge in [-0.15, -0.1) is 11.3 Å². The summed E-state index contributed by atoms with van der Waals surface area (Å²) in [6.07, 6.45) is 0. The minimum absolute atomic E-state index is 0.526. The number of nitrogens with two attached hydrogens (primary N) is 1. The predicted molar refractivity (Wildman–Crippen MR) is 60.8 cm³/mol. The fourth-order valence-corrected chi connectivity index (χ4v) is 3.38. The van der Waals surface area contributed by atoms with Crippen LogP contribution in [0.15, 0.2) is 5.38 Å². The zero-order chi connectivity index (χ0) is 10.3. The summed E-state index contributed by atoms with van der Waals surface area (Å²) in [4.78, 5) is 9.69. The molecule has 2 N–H and O–H groups in total. The molecule has 82 valence electrons. The fraction of sp³-hybridized carbons (Fsp3) is 0.700. The van der Waals surface area contributed by atoms with Gasteiger partial charge in [-0.3, -0.25) is 9.80 Å². The Morgan fingerprint density at radius 3 is 2.73 bits per heavy atom. The minimum Gasteiger partial charge on any atom is -0.325 e. The summed E-state index contributed by atoms with van der Waals surface area (Å²) in [7, 11) is 0. The molecule has 4 heterocycles. The monoisotopic (exact) mass is 224 g/mol. The summed E-state index contributed by atoms with van der Waals surface area (Å²) in [5.74, 6) is 0. The van der Waals surface area contributed by atoms with Crippen LogP contribution in [0.5, 0.6) is 0 Å². The van der Waals surface area contributed by atoms with Crippen molar-refractivity contribution in [1.82, 2.24) is 14.8 Å². The highest BCUT2D eigenvalue weighted by molar-refractivity contribution is 7.09. The molecule has 1 unspecified atom stereocenters. The van der Waals surface area contributed by atoms with Gasteiger partial charge in [-0.05, 0) is 0 Å². The first kappa shape index (κ1) is 9.72. The van der Waals surface area contributed by atoms with Gasteiger partial charge in [-0.1, -0.05) is 0 Å². The maximum Gasteiger partial charge on any atom is 0.111 e. The molecule has 0 radical (unpaired) electrons. The Kier molecular flexibility index (Phi) is 2.48. The van der Waals surface area contributed by atoms with E-state index in [2.05, 4.69) is 20.2 Å². The Balaban J connectivity index is 1.81. The first-order valence-electron chi connectivity index (χ1n) is 5.47. The molecular formula is C10H16N4S. The van der Waals surface area contributed by atoms with Gasteiger partial charge < -0.3 is 5.73 Å². The number of aromatic nitrogens is 1. The highest BCUT2D eigenvalue weighted by atomic mass is 32.1. The first-order chi connectivity index (χ1) is 7.36. The summed E-state index contributed by atoms with van der Waals surface area (Å²) < 4.78 is 0. The Hall–Kier alpha value is -0.490. The molecule has 3 saturated heterocycles. The van der Waals surface area contributed by atoms with Crippen molar-refractivity contribution >= 4 is 11.3 Å². The topological polar surface area (TPSA) is 45.4 Å². The van der Waals surface area contributed by atoms with Crippen LogP contribution in [0.2, 0.25) is 0 Å². The van der Waals surface area contributed by atoms with E-state index in [1.165, 1.54) is 31.2 Å². The van der Waals surface area contributed by atoms with Crippen LogP contribution in [0.3, 0.4) is 0 Å². The molecule has 3 aliphatic heterocycles. The number of piperazine rings is 3. The van der Waals surface area contributed by atoms with Crippen molar-refractivity contribution in [3.05, 3.63) is 16.1 Å². The van der Waals surface area contributed by atoms with E-state index in [-0.39, 0.29) is 0 Å². The Morgan fingerprint density at radius 1 is 1.40 bits per heavy atom. The molecule has 0 aliphatic carbocycles. The molecule has 2 bridgehead atoms. The van der Waals surface area contributed by atoms with Crippen molar-refractivity contribution in [3.63, 3.8) is 0 Å². The van der Waals surface area contributed by atoms with Crippen molar-refractivity contribution in [2.75, 3.05) is 32.7 Å². The van der Waals surface area contributed by atoms with Crippen LogP contribution in [-0.4, -0.2) is 47.5 Å². The van der Waals surface area contributed by atoms with Crippen LogP contribution in [0.25, 0.3) is 0 Å². The average Bonchev–Trinajstić information content (AvgIpc) is 2.79. The van der Waals surface area contributed by atoms with E-state index in [1.54, 1.807) is 11.3 Å². The lowest BCUT2D eigenvalue weighted by Crippen LogP contribution is -2.56. The zero-order valence-electron chi connectivity index (χ0n) is 8.72. The fourth-order valence-electron chi connectivity index (χ4n) is 2.42. The zero-order valence-corrected chi connectivity index (χ0v) is 9.54. The lowest BCUT2D eigenvalue weighted by molar-refractivity contribution is 0.0122. The van der Waals surface area contributed by atoms with E-state index < -0.39 is 0 Å². The van der Waals surface area contributed by atoms with Gasteiger partial charge in [-0.25, -0.2) is 4.98 Å². The highest BCUT2D eigenvalue weighted by Crippen LogP contribution is 2.30. The maximum atomic E-state index is 5.59. The van der Waals surface area contributed by atoms with Gasteiger partial charge in [0.2, 0.25) is 0 Å². The molecule has 1 aromatic heterocycles. The number of hydrogen-bond donors (Lipinski definition) is 1. The van der Waals surface area contributed by atoms with E-state index >= 15 is 0 Å². The Morgan fingerprint density at radius 2 is 2.20 bits per heavy atom. The molecule has 4 rings (SSSR count). The van der Waals surface area contributed by atoms with Gasteiger partial charge in [0.05, 0.1) is 11.7 Å². The van der Waals surface area contributed by atoms with E-state index in [1.807, 2.05) is 0 Å². The highest BCUT2D eigenvalue weighted by Gasteiger charge is 2.34. The smallest absolute Gasteiger partial charge is 0.111 e. The third-order valence-corrected chi connectivity index (χ3v) is 4.34. The van der Waals surface area contributed by atoms with Crippen molar-refractivity contribution in [2.24, 2.45) is 5.73 Å². The molecule has 0 amide bonds. The summed E-state index contributed by atoms with van der Waals surface area (Å²) >= 11 is 1.76. The van der Waals surface area contributed by atoms with Gasteiger partial charge in [0.25, 0.3) is 0 Å². The third kappa shape index (κ3) is 1.69. The molecule has 1 atom stereocenters. The Bertz CT molecular complexity index is 343. The second-order valence-electron chi connectivity index (χ2n) is 4.23. The van der Waals surface area contributed by atoms with Gasteiger partial charge in [-0.2, -0.15) is 0 Å².